The van der Waals surface area contributed by atoms with E-state index in [-0.39, 0.29) is 16.9 Å². The quantitative estimate of drug-likeness (QED) is 0.800. The molecule has 0 amide bonds. The fraction of sp³-hybridized carbons (Fsp3) is 0.167. The first-order valence-corrected chi connectivity index (χ1v) is 6.31. The van der Waals surface area contributed by atoms with E-state index in [1.165, 1.54) is 6.07 Å². The molecule has 1 aromatic heterocycles. The molecule has 20 heavy (non-hydrogen) atoms. The summed E-state index contributed by atoms with van der Waals surface area (Å²) in [5, 5.41) is 3.77. The van der Waals surface area contributed by atoms with Gasteiger partial charge in [0.25, 0.3) is 0 Å². The number of hydrogen-bond donors (Lipinski definition) is 0. The first-order valence-electron chi connectivity index (χ1n) is 5.51. The standard InChI is InChI=1S/C12H8BrF3N2O2/c1-2-20-12(19)9-5-10(13)17-18(9)11-7(15)3-6(14)4-8(11)16/h3-5H,2H2,1H3. The Morgan fingerprint density at radius 2 is 1.90 bits per heavy atom. The maximum atomic E-state index is 13.7. The van der Waals surface area contributed by atoms with Crippen molar-refractivity contribution in [3.63, 3.8) is 0 Å². The second-order valence-corrected chi connectivity index (χ2v) is 4.52. The Morgan fingerprint density at radius 1 is 1.30 bits per heavy atom. The van der Waals surface area contributed by atoms with E-state index in [0.29, 0.717) is 12.1 Å². The third-order valence-electron chi connectivity index (χ3n) is 2.36. The third-order valence-corrected chi connectivity index (χ3v) is 2.75. The van der Waals surface area contributed by atoms with Gasteiger partial charge in [-0.05, 0) is 22.9 Å². The highest BCUT2D eigenvalue weighted by molar-refractivity contribution is 9.10. The average Bonchev–Trinajstić information content (AvgIpc) is 2.70. The molecule has 2 aromatic rings. The number of benzene rings is 1. The maximum absolute atomic E-state index is 13.7. The summed E-state index contributed by atoms with van der Waals surface area (Å²) in [5.41, 5.74) is -0.830. The predicted octanol–water partition coefficient (Wildman–Crippen LogP) is 3.23. The van der Waals surface area contributed by atoms with Crippen molar-refractivity contribution in [1.82, 2.24) is 9.78 Å². The third kappa shape index (κ3) is 2.69. The Morgan fingerprint density at radius 3 is 2.45 bits per heavy atom. The highest BCUT2D eigenvalue weighted by Gasteiger charge is 2.22. The van der Waals surface area contributed by atoms with Gasteiger partial charge in [-0.2, -0.15) is 5.10 Å². The Kier molecular flexibility index (Phi) is 4.12. The lowest BCUT2D eigenvalue weighted by atomic mass is 10.2. The molecule has 0 aliphatic carbocycles. The minimum absolute atomic E-state index is 0.0933. The number of nitrogens with zero attached hydrogens (tertiary/aromatic N) is 2. The summed E-state index contributed by atoms with van der Waals surface area (Å²) in [4.78, 5) is 11.7. The van der Waals surface area contributed by atoms with Gasteiger partial charge in [-0.15, -0.1) is 0 Å². The molecule has 4 nitrogen and oxygen atoms in total. The summed E-state index contributed by atoms with van der Waals surface area (Å²) >= 11 is 3.00. The lowest BCUT2D eigenvalue weighted by Crippen LogP contribution is -2.14. The first-order chi connectivity index (χ1) is 9.43. The minimum Gasteiger partial charge on any atom is -0.461 e. The summed E-state index contributed by atoms with van der Waals surface area (Å²) in [7, 11) is 0. The molecule has 0 atom stereocenters. The second kappa shape index (κ2) is 5.66. The van der Waals surface area contributed by atoms with Gasteiger partial charge in [0.05, 0.1) is 6.61 Å². The number of aromatic nitrogens is 2. The summed E-state index contributed by atoms with van der Waals surface area (Å²) in [6.45, 7) is 1.68. The van der Waals surface area contributed by atoms with Crippen molar-refractivity contribution in [2.24, 2.45) is 0 Å². The molecule has 2 rings (SSSR count). The molecule has 0 spiro atoms. The molecule has 1 aromatic carbocycles. The Hall–Kier alpha value is -1.83. The van der Waals surface area contributed by atoms with Crippen molar-refractivity contribution < 1.29 is 22.7 Å². The monoisotopic (exact) mass is 348 g/mol. The van der Waals surface area contributed by atoms with Gasteiger partial charge in [0.1, 0.15) is 16.1 Å². The SMILES string of the molecule is CCOC(=O)c1cc(Br)nn1-c1c(F)cc(F)cc1F. The largest absolute Gasteiger partial charge is 0.461 e. The van der Waals surface area contributed by atoms with Gasteiger partial charge in [-0.25, -0.2) is 22.6 Å². The van der Waals surface area contributed by atoms with Crippen LogP contribution in [0.5, 0.6) is 0 Å². The van der Waals surface area contributed by atoms with Gasteiger partial charge < -0.3 is 4.74 Å². The van der Waals surface area contributed by atoms with Crippen LogP contribution in [0.15, 0.2) is 22.8 Å². The molecular weight excluding hydrogens is 341 g/mol. The van der Waals surface area contributed by atoms with Gasteiger partial charge in [0.15, 0.2) is 17.3 Å². The van der Waals surface area contributed by atoms with Gasteiger partial charge in [-0.1, -0.05) is 0 Å². The normalized spacial score (nSPS) is 10.7. The lowest BCUT2D eigenvalue weighted by molar-refractivity contribution is 0.0515. The molecule has 1 heterocycles. The molecule has 0 fully saturated rings. The number of rotatable bonds is 3. The van der Waals surface area contributed by atoms with Crippen LogP contribution >= 0.6 is 15.9 Å². The summed E-state index contributed by atoms with van der Waals surface area (Å²) in [5.74, 6) is -4.21. The van der Waals surface area contributed by atoms with Crippen LogP contribution in [0.3, 0.4) is 0 Å². The number of carbonyl (C=O) groups is 1. The van der Waals surface area contributed by atoms with E-state index in [9.17, 15) is 18.0 Å². The summed E-state index contributed by atoms with van der Waals surface area (Å²) in [6.07, 6.45) is 0. The highest BCUT2D eigenvalue weighted by Crippen LogP contribution is 2.23. The van der Waals surface area contributed by atoms with Gasteiger partial charge in [-0.3, -0.25) is 0 Å². The van der Waals surface area contributed by atoms with Gasteiger partial charge in [0, 0.05) is 18.2 Å². The number of halogens is 4. The van der Waals surface area contributed by atoms with Crippen LogP contribution in [-0.4, -0.2) is 22.4 Å². The van der Waals surface area contributed by atoms with Crippen molar-refractivity contribution in [1.29, 1.82) is 0 Å². The van der Waals surface area contributed by atoms with Crippen LogP contribution in [0, 0.1) is 17.5 Å². The van der Waals surface area contributed by atoms with E-state index in [1.807, 2.05) is 0 Å². The van der Waals surface area contributed by atoms with E-state index < -0.39 is 29.1 Å². The molecule has 0 aliphatic rings. The molecule has 0 N–H and O–H groups in total. The van der Waals surface area contributed by atoms with Crippen LogP contribution in [-0.2, 0) is 4.74 Å². The fourth-order valence-corrected chi connectivity index (χ4v) is 1.99. The Bertz CT molecular complexity index is 650. The second-order valence-electron chi connectivity index (χ2n) is 3.70. The molecule has 0 saturated heterocycles. The molecule has 0 unspecified atom stereocenters. The first kappa shape index (κ1) is 14.6. The molecular formula is C12H8BrF3N2O2. The zero-order chi connectivity index (χ0) is 14.9. The maximum Gasteiger partial charge on any atom is 0.357 e. The Balaban J connectivity index is 2.62. The van der Waals surface area contributed by atoms with Crippen molar-refractivity contribution in [3.8, 4) is 5.69 Å². The number of ether oxygens (including phenoxy) is 1. The minimum atomic E-state index is -1.18. The van der Waals surface area contributed by atoms with E-state index in [2.05, 4.69) is 21.0 Å². The topological polar surface area (TPSA) is 44.1 Å². The Labute approximate surface area is 120 Å². The summed E-state index contributed by atoms with van der Waals surface area (Å²) < 4.78 is 46.0. The molecule has 0 aliphatic heterocycles. The molecule has 0 bridgehead atoms. The predicted molar refractivity (Wildman–Crippen MR) is 67.1 cm³/mol. The van der Waals surface area contributed by atoms with Crippen molar-refractivity contribution in [3.05, 3.63) is 45.9 Å². The van der Waals surface area contributed by atoms with Crippen LogP contribution in [0.1, 0.15) is 17.4 Å². The van der Waals surface area contributed by atoms with Crippen molar-refractivity contribution in [2.75, 3.05) is 6.61 Å². The lowest BCUT2D eigenvalue weighted by Gasteiger charge is -2.09. The molecule has 106 valence electrons. The number of hydrogen-bond acceptors (Lipinski definition) is 3. The zero-order valence-electron chi connectivity index (χ0n) is 10.2. The molecule has 0 saturated carbocycles. The highest BCUT2D eigenvalue weighted by atomic mass is 79.9. The van der Waals surface area contributed by atoms with Gasteiger partial charge in [0.2, 0.25) is 0 Å². The average molecular weight is 349 g/mol. The number of carbonyl (C=O) groups excluding carboxylic acids is 1. The van der Waals surface area contributed by atoms with Crippen LogP contribution < -0.4 is 0 Å². The van der Waals surface area contributed by atoms with E-state index >= 15 is 0 Å². The van der Waals surface area contributed by atoms with Crippen LogP contribution in [0.2, 0.25) is 0 Å². The van der Waals surface area contributed by atoms with E-state index in [0.717, 1.165) is 4.68 Å². The van der Waals surface area contributed by atoms with E-state index in [4.69, 9.17) is 4.74 Å². The fourth-order valence-electron chi connectivity index (χ4n) is 1.61. The van der Waals surface area contributed by atoms with Crippen molar-refractivity contribution in [2.45, 2.75) is 6.92 Å². The molecule has 8 heteroatoms. The smallest absolute Gasteiger partial charge is 0.357 e. The van der Waals surface area contributed by atoms with E-state index in [1.54, 1.807) is 6.92 Å². The van der Waals surface area contributed by atoms with Crippen molar-refractivity contribution >= 4 is 21.9 Å². The zero-order valence-corrected chi connectivity index (χ0v) is 11.7. The van der Waals surface area contributed by atoms with Gasteiger partial charge >= 0.3 is 5.97 Å². The summed E-state index contributed by atoms with van der Waals surface area (Å²) in [6, 6.07) is 2.26. The molecule has 0 radical (unpaired) electrons. The van der Waals surface area contributed by atoms with Crippen LogP contribution in [0.4, 0.5) is 13.2 Å². The van der Waals surface area contributed by atoms with Crippen LogP contribution in [0.25, 0.3) is 5.69 Å². The number of esters is 1.